The monoisotopic (exact) mass is 247 g/mol. The topological polar surface area (TPSA) is 38.7 Å². The quantitative estimate of drug-likeness (QED) is 0.777. The molecule has 0 N–H and O–H groups in total. The summed E-state index contributed by atoms with van der Waals surface area (Å²) in [6, 6.07) is 0. The second-order valence-corrected chi connectivity index (χ2v) is 5.04. The summed E-state index contributed by atoms with van der Waals surface area (Å²) in [5, 5.41) is 8.70. The normalized spacial score (nSPS) is 14.1. The van der Waals surface area contributed by atoms with E-state index in [9.17, 15) is 0 Å². The largest absolute Gasteiger partial charge is 0.233 e. The zero-order chi connectivity index (χ0) is 13.7. The predicted octanol–water partition coefficient (Wildman–Crippen LogP) is 4.32. The highest BCUT2D eigenvalue weighted by atomic mass is 15.2. The molecular formula is C15H25N3. The first-order chi connectivity index (χ1) is 8.54. The Bertz CT molecular complexity index is 422. The first-order valence-corrected chi connectivity index (χ1v) is 6.95. The summed E-state index contributed by atoms with van der Waals surface area (Å²) in [6.07, 6.45) is 4.16. The Kier molecular flexibility index (Phi) is 5.45. The highest BCUT2D eigenvalue weighted by Gasteiger charge is 2.17. The lowest BCUT2D eigenvalue weighted by Gasteiger charge is -2.15. The summed E-state index contributed by atoms with van der Waals surface area (Å²) < 4.78 is 0. The third-order valence-electron chi connectivity index (χ3n) is 3.36. The SMILES string of the molecule is C/C=C(/CC)c1nnc(C(C)C)nc1C(C)CC. The summed E-state index contributed by atoms with van der Waals surface area (Å²) >= 11 is 0. The summed E-state index contributed by atoms with van der Waals surface area (Å²) in [5.74, 6) is 1.60. The van der Waals surface area contributed by atoms with E-state index >= 15 is 0 Å². The fourth-order valence-corrected chi connectivity index (χ4v) is 1.87. The predicted molar refractivity (Wildman–Crippen MR) is 76.6 cm³/mol. The van der Waals surface area contributed by atoms with Crippen LogP contribution in [-0.2, 0) is 0 Å². The van der Waals surface area contributed by atoms with Gasteiger partial charge >= 0.3 is 0 Å². The van der Waals surface area contributed by atoms with Gasteiger partial charge in [-0.25, -0.2) is 4.98 Å². The van der Waals surface area contributed by atoms with Crippen molar-refractivity contribution in [3.63, 3.8) is 0 Å². The molecule has 1 heterocycles. The van der Waals surface area contributed by atoms with Crippen LogP contribution in [0.2, 0.25) is 0 Å². The van der Waals surface area contributed by atoms with Crippen molar-refractivity contribution in [3.05, 3.63) is 23.3 Å². The molecule has 0 amide bonds. The summed E-state index contributed by atoms with van der Waals surface area (Å²) in [6.45, 7) is 12.8. The molecule has 100 valence electrons. The van der Waals surface area contributed by atoms with Gasteiger partial charge in [0.2, 0.25) is 0 Å². The van der Waals surface area contributed by atoms with Gasteiger partial charge in [-0.2, -0.15) is 0 Å². The highest BCUT2D eigenvalue weighted by molar-refractivity contribution is 5.63. The van der Waals surface area contributed by atoms with Gasteiger partial charge in [0.05, 0.1) is 5.69 Å². The van der Waals surface area contributed by atoms with E-state index in [-0.39, 0.29) is 0 Å². The Morgan fingerprint density at radius 3 is 2.28 bits per heavy atom. The molecule has 3 heteroatoms. The Morgan fingerprint density at radius 2 is 1.83 bits per heavy atom. The van der Waals surface area contributed by atoms with Crippen molar-refractivity contribution in [3.8, 4) is 0 Å². The number of hydrogen-bond acceptors (Lipinski definition) is 3. The summed E-state index contributed by atoms with van der Waals surface area (Å²) in [7, 11) is 0. The van der Waals surface area contributed by atoms with E-state index in [1.165, 1.54) is 5.57 Å². The van der Waals surface area contributed by atoms with Crippen molar-refractivity contribution in [2.24, 2.45) is 0 Å². The molecule has 0 saturated carbocycles. The van der Waals surface area contributed by atoms with Crippen molar-refractivity contribution in [1.82, 2.24) is 15.2 Å². The van der Waals surface area contributed by atoms with Crippen LogP contribution in [0.5, 0.6) is 0 Å². The minimum absolute atomic E-state index is 0.324. The van der Waals surface area contributed by atoms with Crippen molar-refractivity contribution in [2.45, 2.75) is 66.2 Å². The Balaban J connectivity index is 3.33. The molecule has 1 aromatic heterocycles. The van der Waals surface area contributed by atoms with Crippen LogP contribution in [0.15, 0.2) is 6.08 Å². The zero-order valence-corrected chi connectivity index (χ0v) is 12.5. The summed E-state index contributed by atoms with van der Waals surface area (Å²) in [4.78, 5) is 4.75. The van der Waals surface area contributed by atoms with E-state index in [4.69, 9.17) is 4.98 Å². The number of allylic oxidation sites excluding steroid dienone is 2. The lowest BCUT2D eigenvalue weighted by molar-refractivity contribution is 0.649. The first-order valence-electron chi connectivity index (χ1n) is 6.95. The molecular weight excluding hydrogens is 222 g/mol. The maximum Gasteiger partial charge on any atom is 0.153 e. The molecule has 1 atom stereocenters. The minimum atomic E-state index is 0.324. The Labute approximate surface area is 111 Å². The molecule has 0 bridgehead atoms. The van der Waals surface area contributed by atoms with E-state index in [0.717, 1.165) is 30.1 Å². The Hall–Kier alpha value is -1.25. The smallest absolute Gasteiger partial charge is 0.153 e. The molecule has 0 spiro atoms. The van der Waals surface area contributed by atoms with Crippen LogP contribution in [0.25, 0.3) is 5.57 Å². The lowest BCUT2D eigenvalue weighted by atomic mass is 9.97. The van der Waals surface area contributed by atoms with Crippen LogP contribution in [0.4, 0.5) is 0 Å². The van der Waals surface area contributed by atoms with Crippen molar-refractivity contribution in [2.75, 3.05) is 0 Å². The molecule has 0 aliphatic heterocycles. The molecule has 1 unspecified atom stereocenters. The van der Waals surface area contributed by atoms with E-state index in [1.54, 1.807) is 0 Å². The van der Waals surface area contributed by atoms with Gasteiger partial charge in [-0.05, 0) is 25.3 Å². The molecule has 18 heavy (non-hydrogen) atoms. The third-order valence-corrected chi connectivity index (χ3v) is 3.36. The van der Waals surface area contributed by atoms with Gasteiger partial charge in [0.15, 0.2) is 5.82 Å². The molecule has 3 nitrogen and oxygen atoms in total. The Morgan fingerprint density at radius 1 is 1.17 bits per heavy atom. The van der Waals surface area contributed by atoms with E-state index in [0.29, 0.717) is 11.8 Å². The number of rotatable bonds is 5. The number of aromatic nitrogens is 3. The first kappa shape index (κ1) is 14.8. The fraction of sp³-hybridized carbons (Fsp3) is 0.667. The van der Waals surface area contributed by atoms with Gasteiger partial charge in [-0.15, -0.1) is 10.2 Å². The highest BCUT2D eigenvalue weighted by Crippen LogP contribution is 2.26. The van der Waals surface area contributed by atoms with Crippen molar-refractivity contribution >= 4 is 5.57 Å². The minimum Gasteiger partial charge on any atom is -0.233 e. The molecule has 0 radical (unpaired) electrons. The van der Waals surface area contributed by atoms with Gasteiger partial charge in [0, 0.05) is 11.8 Å². The molecule has 0 aliphatic rings. The molecule has 0 aliphatic carbocycles. The summed E-state index contributed by atoms with van der Waals surface area (Å²) in [5.41, 5.74) is 3.32. The van der Waals surface area contributed by atoms with E-state index in [1.807, 2.05) is 0 Å². The maximum atomic E-state index is 4.75. The van der Waals surface area contributed by atoms with E-state index in [2.05, 4.69) is 57.8 Å². The lowest BCUT2D eigenvalue weighted by Crippen LogP contribution is -2.11. The number of hydrogen-bond donors (Lipinski definition) is 0. The molecule has 0 fully saturated rings. The van der Waals surface area contributed by atoms with Crippen molar-refractivity contribution in [1.29, 1.82) is 0 Å². The van der Waals surface area contributed by atoms with Gasteiger partial charge < -0.3 is 0 Å². The van der Waals surface area contributed by atoms with Crippen LogP contribution in [0.1, 0.15) is 83.4 Å². The second-order valence-electron chi connectivity index (χ2n) is 5.04. The van der Waals surface area contributed by atoms with Gasteiger partial charge in [0.25, 0.3) is 0 Å². The standard InChI is InChI=1S/C15H25N3/c1-7-11(6)13-14(12(8-2)9-3)17-18-15(16-13)10(4)5/h8,10-11H,7,9H2,1-6H3/b12-8-. The average Bonchev–Trinajstić information content (AvgIpc) is 2.39. The van der Waals surface area contributed by atoms with Crippen LogP contribution in [-0.4, -0.2) is 15.2 Å². The van der Waals surface area contributed by atoms with Crippen LogP contribution in [0, 0.1) is 0 Å². The van der Waals surface area contributed by atoms with Crippen LogP contribution in [0.3, 0.4) is 0 Å². The second kappa shape index (κ2) is 6.62. The molecule has 0 aromatic carbocycles. The van der Waals surface area contributed by atoms with Gasteiger partial charge in [-0.3, -0.25) is 0 Å². The molecule has 1 aromatic rings. The van der Waals surface area contributed by atoms with E-state index < -0.39 is 0 Å². The fourth-order valence-electron chi connectivity index (χ4n) is 1.87. The molecule has 0 saturated heterocycles. The number of nitrogens with zero attached hydrogens (tertiary/aromatic N) is 3. The van der Waals surface area contributed by atoms with Crippen molar-refractivity contribution < 1.29 is 0 Å². The zero-order valence-electron chi connectivity index (χ0n) is 12.5. The molecule has 1 rings (SSSR count). The van der Waals surface area contributed by atoms with Gasteiger partial charge in [0.1, 0.15) is 5.69 Å². The van der Waals surface area contributed by atoms with Gasteiger partial charge in [-0.1, -0.05) is 40.7 Å². The third kappa shape index (κ3) is 3.15. The van der Waals surface area contributed by atoms with Crippen LogP contribution >= 0.6 is 0 Å². The van der Waals surface area contributed by atoms with Crippen LogP contribution < -0.4 is 0 Å². The average molecular weight is 247 g/mol. The maximum absolute atomic E-state index is 4.75.